The van der Waals surface area contributed by atoms with Crippen LogP contribution in [0.4, 0.5) is 0 Å². The number of hydrogen-bond donors (Lipinski definition) is 1. The average molecular weight is 349 g/mol. The molecule has 0 aromatic heterocycles. The monoisotopic (exact) mass is 348 g/mol. The van der Waals surface area contributed by atoms with Crippen LogP contribution in [-0.2, 0) is 11.2 Å². The van der Waals surface area contributed by atoms with Gasteiger partial charge in [-0.2, -0.15) is 0 Å². The Kier molecular flexibility index (Phi) is 3.01. The largest absolute Gasteiger partial charge is 0.508 e. The van der Waals surface area contributed by atoms with E-state index in [4.69, 9.17) is 0 Å². The molecule has 3 heteroatoms. The Hall–Kier alpha value is -0.830. The van der Waals surface area contributed by atoms with Gasteiger partial charge in [-0.05, 0) is 73.1 Å². The third kappa shape index (κ3) is 1.86. The van der Waals surface area contributed by atoms with Crippen molar-refractivity contribution < 1.29 is 9.90 Å². The molecule has 0 amide bonds. The first-order valence-electron chi connectivity index (χ1n) is 8.01. The maximum atomic E-state index is 12.5. The van der Waals surface area contributed by atoms with E-state index >= 15 is 0 Å². The molecule has 5 atom stereocenters. The minimum absolute atomic E-state index is 0.0625. The van der Waals surface area contributed by atoms with E-state index in [0.29, 0.717) is 29.3 Å². The molecule has 5 unspecified atom stereocenters. The Morgan fingerprint density at radius 2 is 2.14 bits per heavy atom. The standard InChI is InChI=1S/C18H21BrO2/c1-18-7-6-13-12-5-3-11(20)8-10(12)2-4-14(13)15(18)9-16(19)17(18)21/h3,5,8,13-16,20H,2,4,6-7,9H2,1H3. The zero-order valence-electron chi connectivity index (χ0n) is 12.3. The summed E-state index contributed by atoms with van der Waals surface area (Å²) in [5.74, 6) is 2.55. The molecular formula is C18H21BrO2. The lowest BCUT2D eigenvalue weighted by molar-refractivity contribution is -0.128. The van der Waals surface area contributed by atoms with E-state index in [1.807, 2.05) is 12.1 Å². The molecule has 0 bridgehead atoms. The first kappa shape index (κ1) is 13.8. The summed E-state index contributed by atoms with van der Waals surface area (Å²) in [5.41, 5.74) is 2.64. The molecule has 3 aliphatic carbocycles. The number of fused-ring (bicyclic) bond motifs is 5. The molecular weight excluding hydrogens is 328 g/mol. The molecule has 2 nitrogen and oxygen atoms in total. The Morgan fingerprint density at radius 3 is 2.95 bits per heavy atom. The van der Waals surface area contributed by atoms with Crippen molar-refractivity contribution in [3.63, 3.8) is 0 Å². The molecule has 2 saturated carbocycles. The highest BCUT2D eigenvalue weighted by atomic mass is 79.9. The predicted octanol–water partition coefficient (Wildman–Crippen LogP) is 4.19. The molecule has 112 valence electrons. The van der Waals surface area contributed by atoms with Crippen LogP contribution in [0, 0.1) is 17.3 Å². The van der Waals surface area contributed by atoms with E-state index in [1.165, 1.54) is 11.1 Å². The maximum Gasteiger partial charge on any atom is 0.152 e. The highest BCUT2D eigenvalue weighted by Crippen LogP contribution is 2.60. The average Bonchev–Trinajstić information content (AvgIpc) is 2.70. The van der Waals surface area contributed by atoms with Gasteiger partial charge in [-0.25, -0.2) is 0 Å². The summed E-state index contributed by atoms with van der Waals surface area (Å²) in [6, 6.07) is 5.88. The van der Waals surface area contributed by atoms with E-state index < -0.39 is 0 Å². The summed E-state index contributed by atoms with van der Waals surface area (Å²) >= 11 is 3.60. The number of aromatic hydroxyl groups is 1. The van der Waals surface area contributed by atoms with Crippen LogP contribution in [-0.4, -0.2) is 15.7 Å². The Balaban J connectivity index is 1.73. The number of carbonyl (C=O) groups excluding carboxylic acids is 1. The van der Waals surface area contributed by atoms with Gasteiger partial charge in [0.1, 0.15) is 5.75 Å². The number of aryl methyl sites for hydroxylation is 1. The third-order valence-corrected chi connectivity index (χ3v) is 7.20. The second-order valence-electron chi connectivity index (χ2n) is 7.32. The summed E-state index contributed by atoms with van der Waals surface area (Å²) in [6.45, 7) is 2.20. The fraction of sp³-hybridized carbons (Fsp3) is 0.611. The molecule has 0 aliphatic heterocycles. The van der Waals surface area contributed by atoms with Gasteiger partial charge < -0.3 is 5.11 Å². The van der Waals surface area contributed by atoms with Gasteiger partial charge in [0.15, 0.2) is 5.78 Å². The normalized spacial score (nSPS) is 41.3. The summed E-state index contributed by atoms with van der Waals surface area (Å²) in [6.07, 6.45) is 5.33. The zero-order chi connectivity index (χ0) is 14.8. The van der Waals surface area contributed by atoms with Crippen molar-refractivity contribution >= 4 is 21.7 Å². The highest BCUT2D eigenvalue weighted by molar-refractivity contribution is 9.10. The molecule has 0 radical (unpaired) electrons. The van der Waals surface area contributed by atoms with Gasteiger partial charge in [0.2, 0.25) is 0 Å². The van der Waals surface area contributed by atoms with E-state index in [-0.39, 0.29) is 10.2 Å². The highest BCUT2D eigenvalue weighted by Gasteiger charge is 2.57. The first-order chi connectivity index (χ1) is 10.0. The molecule has 2 fully saturated rings. The van der Waals surface area contributed by atoms with Crippen LogP contribution in [0.25, 0.3) is 0 Å². The fourth-order valence-corrected chi connectivity index (χ4v) is 6.24. The molecule has 4 rings (SSSR count). The van der Waals surface area contributed by atoms with E-state index in [0.717, 1.165) is 32.1 Å². The summed E-state index contributed by atoms with van der Waals surface area (Å²) in [4.78, 5) is 12.6. The quantitative estimate of drug-likeness (QED) is 0.713. The molecule has 1 aromatic carbocycles. The van der Waals surface area contributed by atoms with Crippen LogP contribution in [0.15, 0.2) is 18.2 Å². The number of hydrogen-bond acceptors (Lipinski definition) is 2. The van der Waals surface area contributed by atoms with Crippen molar-refractivity contribution in [3.05, 3.63) is 29.3 Å². The summed E-state index contributed by atoms with van der Waals surface area (Å²) < 4.78 is 0. The van der Waals surface area contributed by atoms with Crippen molar-refractivity contribution in [1.82, 2.24) is 0 Å². The number of rotatable bonds is 0. The van der Waals surface area contributed by atoms with E-state index in [2.05, 4.69) is 28.9 Å². The second kappa shape index (κ2) is 4.58. The number of Topliss-reactive ketones (excluding diaryl/α,β-unsaturated/α-hetero) is 1. The van der Waals surface area contributed by atoms with Gasteiger partial charge in [0, 0.05) is 5.41 Å². The minimum Gasteiger partial charge on any atom is -0.508 e. The zero-order valence-corrected chi connectivity index (χ0v) is 13.9. The van der Waals surface area contributed by atoms with Crippen molar-refractivity contribution in [1.29, 1.82) is 0 Å². The third-order valence-electron chi connectivity index (χ3n) is 6.41. The van der Waals surface area contributed by atoms with Crippen LogP contribution in [0.2, 0.25) is 0 Å². The van der Waals surface area contributed by atoms with Crippen molar-refractivity contribution in [2.75, 3.05) is 0 Å². The van der Waals surface area contributed by atoms with Crippen LogP contribution in [0.5, 0.6) is 5.75 Å². The number of phenols is 1. The lowest BCUT2D eigenvalue weighted by atomic mass is 9.55. The number of phenolic OH excluding ortho intramolecular Hbond substituents is 1. The first-order valence-corrected chi connectivity index (χ1v) is 8.92. The SMILES string of the molecule is CC12CCC3c4ccc(O)cc4CCC3C1CC(Br)C2=O. The topological polar surface area (TPSA) is 37.3 Å². The molecule has 3 aliphatic rings. The van der Waals surface area contributed by atoms with E-state index in [1.54, 1.807) is 0 Å². The molecule has 0 saturated heterocycles. The number of halogens is 1. The maximum absolute atomic E-state index is 12.5. The van der Waals surface area contributed by atoms with Gasteiger partial charge in [-0.3, -0.25) is 4.79 Å². The molecule has 1 aromatic rings. The van der Waals surface area contributed by atoms with Gasteiger partial charge in [-0.1, -0.05) is 28.9 Å². The number of alkyl halides is 1. The van der Waals surface area contributed by atoms with E-state index in [9.17, 15) is 9.90 Å². The van der Waals surface area contributed by atoms with Crippen molar-refractivity contribution in [2.24, 2.45) is 17.3 Å². The van der Waals surface area contributed by atoms with Crippen LogP contribution < -0.4 is 0 Å². The number of ketones is 1. The predicted molar refractivity (Wildman–Crippen MR) is 85.8 cm³/mol. The fourth-order valence-electron chi connectivity index (χ4n) is 5.32. The van der Waals surface area contributed by atoms with Crippen LogP contribution in [0.1, 0.15) is 49.7 Å². The smallest absolute Gasteiger partial charge is 0.152 e. The molecule has 0 heterocycles. The Morgan fingerprint density at radius 1 is 1.33 bits per heavy atom. The number of carbonyl (C=O) groups is 1. The minimum atomic E-state index is -0.107. The molecule has 0 spiro atoms. The van der Waals surface area contributed by atoms with Crippen molar-refractivity contribution in [3.8, 4) is 5.75 Å². The van der Waals surface area contributed by atoms with Gasteiger partial charge in [-0.15, -0.1) is 0 Å². The number of benzene rings is 1. The van der Waals surface area contributed by atoms with Crippen LogP contribution >= 0.6 is 15.9 Å². The Labute approximate surface area is 134 Å². The van der Waals surface area contributed by atoms with Gasteiger partial charge >= 0.3 is 0 Å². The van der Waals surface area contributed by atoms with Crippen LogP contribution in [0.3, 0.4) is 0 Å². The summed E-state index contributed by atoms with van der Waals surface area (Å²) in [7, 11) is 0. The van der Waals surface area contributed by atoms with Gasteiger partial charge in [0.05, 0.1) is 4.83 Å². The lowest BCUT2D eigenvalue weighted by Crippen LogP contribution is -2.42. The molecule has 1 N–H and O–H groups in total. The second-order valence-corrected chi connectivity index (χ2v) is 8.43. The van der Waals surface area contributed by atoms with Crippen molar-refractivity contribution in [2.45, 2.75) is 49.8 Å². The summed E-state index contributed by atoms with van der Waals surface area (Å²) in [5, 5.41) is 9.69. The molecule has 21 heavy (non-hydrogen) atoms. The Bertz CT molecular complexity index is 611. The lowest BCUT2D eigenvalue weighted by Gasteiger charge is -2.48. The van der Waals surface area contributed by atoms with Gasteiger partial charge in [0.25, 0.3) is 0 Å².